The van der Waals surface area contributed by atoms with Crippen molar-refractivity contribution in [2.75, 3.05) is 18.1 Å². The largest absolute Gasteiger partial charge is 0.384 e. The number of thioether (sulfide) groups is 1. The first kappa shape index (κ1) is 13.4. The number of anilines is 1. The van der Waals surface area contributed by atoms with E-state index in [4.69, 9.17) is 11.0 Å². The highest BCUT2D eigenvalue weighted by molar-refractivity contribution is 7.98. The number of nitriles is 1. The van der Waals surface area contributed by atoms with E-state index in [-0.39, 0.29) is 5.91 Å². The molecular formula is C12H15N3OS. The van der Waals surface area contributed by atoms with Crippen molar-refractivity contribution in [2.45, 2.75) is 17.7 Å². The van der Waals surface area contributed by atoms with Crippen LogP contribution in [0.25, 0.3) is 0 Å². The fraction of sp³-hybridized carbons (Fsp3) is 0.333. The average molecular weight is 249 g/mol. The van der Waals surface area contributed by atoms with Gasteiger partial charge in [-0.15, -0.1) is 11.8 Å². The number of nitrogens with two attached hydrogens (primary N) is 1. The summed E-state index contributed by atoms with van der Waals surface area (Å²) in [5, 5.41) is 12.2. The molecule has 0 saturated heterocycles. The standard InChI is InChI=1S/C12H15N3OS/c1-17-11-5-2-4-10(9(11)8-13)15-7-3-6-12(14)16/h2,4-5,15H,3,6-7H2,1H3,(H2,14,16). The lowest BCUT2D eigenvalue weighted by Crippen LogP contribution is -2.13. The molecule has 0 aromatic heterocycles. The number of hydrogen-bond donors (Lipinski definition) is 2. The van der Waals surface area contributed by atoms with Crippen molar-refractivity contribution in [3.63, 3.8) is 0 Å². The van der Waals surface area contributed by atoms with E-state index in [1.807, 2.05) is 24.5 Å². The summed E-state index contributed by atoms with van der Waals surface area (Å²) in [6, 6.07) is 7.87. The molecule has 0 aliphatic heterocycles. The molecule has 0 fully saturated rings. The Morgan fingerprint density at radius 1 is 1.59 bits per heavy atom. The summed E-state index contributed by atoms with van der Waals surface area (Å²) in [7, 11) is 0. The van der Waals surface area contributed by atoms with Gasteiger partial charge in [-0.25, -0.2) is 0 Å². The van der Waals surface area contributed by atoms with Crippen LogP contribution in [-0.4, -0.2) is 18.7 Å². The lowest BCUT2D eigenvalue weighted by atomic mass is 10.2. The van der Waals surface area contributed by atoms with Crippen LogP contribution in [-0.2, 0) is 4.79 Å². The van der Waals surface area contributed by atoms with E-state index in [1.165, 1.54) is 0 Å². The SMILES string of the molecule is CSc1cccc(NCCCC(N)=O)c1C#N. The Kier molecular flexibility index (Phi) is 5.37. The fourth-order valence-electron chi connectivity index (χ4n) is 1.45. The van der Waals surface area contributed by atoms with Crippen molar-refractivity contribution in [1.82, 2.24) is 0 Å². The van der Waals surface area contributed by atoms with Crippen LogP contribution in [0.3, 0.4) is 0 Å². The van der Waals surface area contributed by atoms with Gasteiger partial charge in [0.25, 0.3) is 0 Å². The zero-order valence-corrected chi connectivity index (χ0v) is 10.5. The average Bonchev–Trinajstić information content (AvgIpc) is 2.33. The van der Waals surface area contributed by atoms with Crippen LogP contribution in [0.15, 0.2) is 23.1 Å². The molecule has 1 rings (SSSR count). The highest BCUT2D eigenvalue weighted by Crippen LogP contribution is 2.26. The van der Waals surface area contributed by atoms with Crippen molar-refractivity contribution in [1.29, 1.82) is 5.26 Å². The number of rotatable bonds is 6. The van der Waals surface area contributed by atoms with E-state index in [1.54, 1.807) is 11.8 Å². The van der Waals surface area contributed by atoms with E-state index in [9.17, 15) is 4.79 Å². The van der Waals surface area contributed by atoms with E-state index >= 15 is 0 Å². The number of hydrogen-bond acceptors (Lipinski definition) is 4. The minimum Gasteiger partial charge on any atom is -0.384 e. The van der Waals surface area contributed by atoms with Crippen molar-refractivity contribution >= 4 is 23.4 Å². The zero-order valence-electron chi connectivity index (χ0n) is 9.69. The van der Waals surface area contributed by atoms with Crippen molar-refractivity contribution < 1.29 is 4.79 Å². The molecule has 0 spiro atoms. The predicted molar refractivity (Wildman–Crippen MR) is 69.9 cm³/mol. The summed E-state index contributed by atoms with van der Waals surface area (Å²) in [5.74, 6) is -0.301. The molecular weight excluding hydrogens is 234 g/mol. The predicted octanol–water partition coefficient (Wildman–Crippen LogP) is 1.96. The summed E-state index contributed by atoms with van der Waals surface area (Å²) in [5.41, 5.74) is 6.51. The van der Waals surface area contributed by atoms with Gasteiger partial charge < -0.3 is 11.1 Å². The van der Waals surface area contributed by atoms with Crippen LogP contribution in [0, 0.1) is 11.3 Å². The van der Waals surface area contributed by atoms with Crippen LogP contribution in [0.1, 0.15) is 18.4 Å². The maximum Gasteiger partial charge on any atom is 0.217 e. The topological polar surface area (TPSA) is 78.9 Å². The number of primary amides is 1. The molecule has 0 unspecified atom stereocenters. The molecule has 5 heteroatoms. The number of benzene rings is 1. The first-order chi connectivity index (χ1) is 8.19. The van der Waals surface area contributed by atoms with Crippen molar-refractivity contribution in [2.24, 2.45) is 5.73 Å². The molecule has 0 aliphatic carbocycles. The van der Waals surface area contributed by atoms with Gasteiger partial charge in [0.1, 0.15) is 6.07 Å². The molecule has 17 heavy (non-hydrogen) atoms. The van der Waals surface area contributed by atoms with Gasteiger partial charge in [-0.1, -0.05) is 6.07 Å². The second-order valence-electron chi connectivity index (χ2n) is 3.49. The molecule has 0 aliphatic rings. The Hall–Kier alpha value is -1.67. The third-order valence-electron chi connectivity index (χ3n) is 2.27. The number of amides is 1. The van der Waals surface area contributed by atoms with Crippen LogP contribution in [0.5, 0.6) is 0 Å². The Morgan fingerprint density at radius 2 is 2.35 bits per heavy atom. The van der Waals surface area contributed by atoms with Crippen molar-refractivity contribution in [3.8, 4) is 6.07 Å². The summed E-state index contributed by atoms with van der Waals surface area (Å²) in [4.78, 5) is 11.5. The smallest absolute Gasteiger partial charge is 0.217 e. The fourth-order valence-corrected chi connectivity index (χ4v) is 2.02. The molecule has 1 aromatic carbocycles. The molecule has 3 N–H and O–H groups in total. The molecule has 0 heterocycles. The van der Waals surface area contributed by atoms with Gasteiger partial charge in [0, 0.05) is 17.9 Å². The molecule has 90 valence electrons. The minimum atomic E-state index is -0.301. The highest BCUT2D eigenvalue weighted by atomic mass is 32.2. The normalized spacial score (nSPS) is 9.65. The Bertz CT molecular complexity index is 440. The summed E-state index contributed by atoms with van der Waals surface area (Å²) in [6.45, 7) is 0.634. The van der Waals surface area contributed by atoms with Gasteiger partial charge in [0.15, 0.2) is 0 Å². The van der Waals surface area contributed by atoms with Gasteiger partial charge >= 0.3 is 0 Å². The number of nitrogens with one attached hydrogen (secondary N) is 1. The molecule has 0 radical (unpaired) electrons. The van der Waals surface area contributed by atoms with E-state index in [0.717, 1.165) is 10.6 Å². The second kappa shape index (κ2) is 6.81. The third kappa shape index (κ3) is 4.00. The highest BCUT2D eigenvalue weighted by Gasteiger charge is 2.06. The van der Waals surface area contributed by atoms with Crippen LogP contribution < -0.4 is 11.1 Å². The van der Waals surface area contributed by atoms with E-state index < -0.39 is 0 Å². The lowest BCUT2D eigenvalue weighted by Gasteiger charge is -2.09. The molecule has 1 aromatic rings. The second-order valence-corrected chi connectivity index (χ2v) is 4.34. The molecule has 4 nitrogen and oxygen atoms in total. The van der Waals surface area contributed by atoms with E-state index in [0.29, 0.717) is 24.9 Å². The molecule has 0 saturated carbocycles. The summed E-state index contributed by atoms with van der Waals surface area (Å²) in [6.07, 6.45) is 2.97. The van der Waals surface area contributed by atoms with Crippen molar-refractivity contribution in [3.05, 3.63) is 23.8 Å². The number of carbonyl (C=O) groups excluding carboxylic acids is 1. The molecule has 0 atom stereocenters. The number of carbonyl (C=O) groups is 1. The third-order valence-corrected chi connectivity index (χ3v) is 3.05. The Morgan fingerprint density at radius 3 is 2.94 bits per heavy atom. The Labute approximate surface area is 105 Å². The lowest BCUT2D eigenvalue weighted by molar-refractivity contribution is -0.118. The maximum atomic E-state index is 10.6. The Balaban J connectivity index is 2.65. The quantitative estimate of drug-likeness (QED) is 0.596. The number of nitrogens with zero attached hydrogens (tertiary/aromatic N) is 1. The summed E-state index contributed by atoms with van der Waals surface area (Å²) >= 11 is 1.54. The monoisotopic (exact) mass is 249 g/mol. The molecule has 1 amide bonds. The maximum absolute atomic E-state index is 10.6. The first-order valence-electron chi connectivity index (χ1n) is 5.28. The van der Waals surface area contributed by atoms with Crippen LogP contribution >= 0.6 is 11.8 Å². The van der Waals surface area contributed by atoms with Gasteiger partial charge in [-0.3, -0.25) is 4.79 Å². The van der Waals surface area contributed by atoms with Crippen LogP contribution in [0.4, 0.5) is 5.69 Å². The first-order valence-corrected chi connectivity index (χ1v) is 6.50. The van der Waals surface area contributed by atoms with Crippen LogP contribution in [0.2, 0.25) is 0 Å². The van der Waals surface area contributed by atoms with E-state index in [2.05, 4.69) is 11.4 Å². The van der Waals surface area contributed by atoms with Gasteiger partial charge in [-0.2, -0.15) is 5.26 Å². The van der Waals surface area contributed by atoms with Gasteiger partial charge in [0.2, 0.25) is 5.91 Å². The zero-order chi connectivity index (χ0) is 12.7. The van der Waals surface area contributed by atoms with Gasteiger partial charge in [-0.05, 0) is 24.8 Å². The summed E-state index contributed by atoms with van der Waals surface area (Å²) < 4.78 is 0. The minimum absolute atomic E-state index is 0.301. The van der Waals surface area contributed by atoms with Gasteiger partial charge in [0.05, 0.1) is 11.3 Å². The molecule has 0 bridgehead atoms.